The lowest BCUT2D eigenvalue weighted by atomic mass is 10.1. The first kappa shape index (κ1) is 18.9. The molecule has 0 unspecified atom stereocenters. The molecule has 0 spiro atoms. The van der Waals surface area contributed by atoms with Crippen molar-refractivity contribution in [3.05, 3.63) is 53.8 Å². The number of rotatable bonds is 7. The van der Waals surface area contributed by atoms with Gasteiger partial charge in [0.25, 0.3) is 0 Å². The number of carboxylic acids is 1. The van der Waals surface area contributed by atoms with Gasteiger partial charge in [-0.05, 0) is 49.2 Å². The van der Waals surface area contributed by atoms with Gasteiger partial charge in [0.15, 0.2) is 18.2 Å². The molecule has 0 heterocycles. The predicted octanol–water partition coefficient (Wildman–Crippen LogP) is 2.01. The minimum atomic E-state index is -3.90. The Bertz CT molecular complexity index is 863. The second kappa shape index (κ2) is 7.62. The molecule has 3 N–H and O–H groups in total. The largest absolute Gasteiger partial charge is 0.479 e. The van der Waals surface area contributed by atoms with Gasteiger partial charge in [0, 0.05) is 6.04 Å². The van der Waals surface area contributed by atoms with E-state index in [0.717, 1.165) is 17.7 Å². The van der Waals surface area contributed by atoms with E-state index in [9.17, 15) is 17.6 Å². The van der Waals surface area contributed by atoms with Crippen LogP contribution in [0.2, 0.25) is 0 Å². The second-order valence-electron chi connectivity index (χ2n) is 5.60. The topological polar surface area (TPSA) is 107 Å². The average molecular weight is 367 g/mol. The van der Waals surface area contributed by atoms with Crippen molar-refractivity contribution in [1.29, 1.82) is 0 Å². The zero-order valence-corrected chi connectivity index (χ0v) is 14.3. The van der Waals surface area contributed by atoms with E-state index in [4.69, 9.17) is 15.6 Å². The molecule has 8 heteroatoms. The summed E-state index contributed by atoms with van der Waals surface area (Å²) in [5.41, 5.74) is 6.61. The number of aliphatic carboxylic acids is 1. The number of hydrogen-bond donors (Lipinski definition) is 2. The molecule has 2 aromatic carbocycles. The molecular weight excluding hydrogens is 349 g/mol. The van der Waals surface area contributed by atoms with Crippen LogP contribution < -0.4 is 10.5 Å². The fourth-order valence-corrected chi connectivity index (χ4v) is 3.49. The van der Waals surface area contributed by atoms with Crippen LogP contribution in [0.1, 0.15) is 12.5 Å². The standard InChI is InChI=1S/C17H18FNO5S/c1-11(19)8-12-2-4-13(5-3-12)25(22,23)14-6-7-16(15(18)9-14)24-10-17(20)21/h2-7,9,11H,8,10,19H2,1H3,(H,20,21)/t11-/m1/s1. The molecule has 0 saturated carbocycles. The number of sulfone groups is 1. The summed E-state index contributed by atoms with van der Waals surface area (Å²) in [7, 11) is -3.90. The third-order valence-corrected chi connectivity index (χ3v) is 5.12. The van der Waals surface area contributed by atoms with Crippen molar-refractivity contribution in [3.8, 4) is 5.75 Å². The van der Waals surface area contributed by atoms with Crippen LogP contribution in [0.15, 0.2) is 52.3 Å². The van der Waals surface area contributed by atoms with Gasteiger partial charge in [0.1, 0.15) is 0 Å². The summed E-state index contributed by atoms with van der Waals surface area (Å²) in [5.74, 6) is -2.53. The fraction of sp³-hybridized carbons (Fsp3) is 0.235. The van der Waals surface area contributed by atoms with Crippen molar-refractivity contribution >= 4 is 15.8 Å². The van der Waals surface area contributed by atoms with Crippen molar-refractivity contribution < 1.29 is 27.4 Å². The molecular formula is C17H18FNO5S. The first-order chi connectivity index (χ1) is 11.7. The van der Waals surface area contributed by atoms with E-state index in [2.05, 4.69) is 0 Å². The SMILES string of the molecule is C[C@@H](N)Cc1ccc(S(=O)(=O)c2ccc(OCC(=O)O)c(F)c2)cc1. The van der Waals surface area contributed by atoms with Gasteiger partial charge in [-0.3, -0.25) is 0 Å². The number of benzene rings is 2. The molecule has 0 radical (unpaired) electrons. The van der Waals surface area contributed by atoms with Crippen molar-refractivity contribution in [3.63, 3.8) is 0 Å². The van der Waals surface area contributed by atoms with Gasteiger partial charge in [-0.2, -0.15) is 0 Å². The van der Waals surface area contributed by atoms with E-state index in [1.165, 1.54) is 18.2 Å². The monoisotopic (exact) mass is 367 g/mol. The second-order valence-corrected chi connectivity index (χ2v) is 7.55. The Hall–Kier alpha value is -2.45. The highest BCUT2D eigenvalue weighted by atomic mass is 32.2. The molecule has 0 fully saturated rings. The average Bonchev–Trinajstić information content (AvgIpc) is 2.53. The van der Waals surface area contributed by atoms with Gasteiger partial charge in [-0.25, -0.2) is 17.6 Å². The van der Waals surface area contributed by atoms with Gasteiger partial charge in [0.05, 0.1) is 9.79 Å². The van der Waals surface area contributed by atoms with Crippen molar-refractivity contribution in [1.82, 2.24) is 0 Å². The smallest absolute Gasteiger partial charge is 0.341 e. The molecule has 0 aliphatic rings. The third kappa shape index (κ3) is 4.77. The lowest BCUT2D eigenvalue weighted by Crippen LogP contribution is -2.17. The molecule has 0 amide bonds. The highest BCUT2D eigenvalue weighted by Gasteiger charge is 2.20. The molecule has 134 valence electrons. The van der Waals surface area contributed by atoms with Crippen molar-refractivity contribution in [2.24, 2.45) is 5.73 Å². The maximum Gasteiger partial charge on any atom is 0.341 e. The minimum Gasteiger partial charge on any atom is -0.479 e. The Morgan fingerprint density at radius 3 is 2.32 bits per heavy atom. The predicted molar refractivity (Wildman–Crippen MR) is 88.8 cm³/mol. The molecule has 0 bridgehead atoms. The Morgan fingerprint density at radius 2 is 1.80 bits per heavy atom. The molecule has 0 aromatic heterocycles. The number of carbonyl (C=O) groups is 1. The number of hydrogen-bond acceptors (Lipinski definition) is 5. The summed E-state index contributed by atoms with van der Waals surface area (Å²) < 4.78 is 43.8. The lowest BCUT2D eigenvalue weighted by molar-refractivity contribution is -0.139. The van der Waals surface area contributed by atoms with Crippen molar-refractivity contribution in [2.75, 3.05) is 6.61 Å². The van der Waals surface area contributed by atoms with E-state index >= 15 is 0 Å². The summed E-state index contributed by atoms with van der Waals surface area (Å²) >= 11 is 0. The molecule has 6 nitrogen and oxygen atoms in total. The van der Waals surface area contributed by atoms with Gasteiger partial charge < -0.3 is 15.6 Å². The van der Waals surface area contributed by atoms with E-state index in [1.54, 1.807) is 12.1 Å². The van der Waals surface area contributed by atoms with E-state index in [1.807, 2.05) is 6.92 Å². The molecule has 1 atom stereocenters. The Morgan fingerprint density at radius 1 is 1.20 bits per heavy atom. The van der Waals surface area contributed by atoms with Crippen LogP contribution in [-0.2, 0) is 21.1 Å². The highest BCUT2D eigenvalue weighted by Crippen LogP contribution is 2.26. The lowest BCUT2D eigenvalue weighted by Gasteiger charge is -2.09. The number of carboxylic acid groups (broad SMARTS) is 1. The normalized spacial score (nSPS) is 12.6. The number of nitrogens with two attached hydrogens (primary N) is 1. The van der Waals surface area contributed by atoms with Gasteiger partial charge in [0.2, 0.25) is 9.84 Å². The Labute approximate surface area is 145 Å². The van der Waals surface area contributed by atoms with E-state index in [-0.39, 0.29) is 21.6 Å². The molecule has 2 rings (SSSR count). The minimum absolute atomic E-state index is 0.0273. The number of ether oxygens (including phenoxy) is 1. The molecule has 2 aromatic rings. The van der Waals surface area contributed by atoms with Crippen LogP contribution in [-0.4, -0.2) is 32.1 Å². The van der Waals surface area contributed by atoms with Crippen LogP contribution >= 0.6 is 0 Å². The fourth-order valence-electron chi connectivity index (χ4n) is 2.22. The number of halogens is 1. The first-order valence-corrected chi connectivity index (χ1v) is 8.92. The zero-order chi connectivity index (χ0) is 18.6. The third-order valence-electron chi connectivity index (χ3n) is 3.36. The van der Waals surface area contributed by atoms with Crippen LogP contribution in [0.3, 0.4) is 0 Å². The van der Waals surface area contributed by atoms with Crippen molar-refractivity contribution in [2.45, 2.75) is 29.2 Å². The van der Waals surface area contributed by atoms with Gasteiger partial charge in [-0.1, -0.05) is 12.1 Å². The summed E-state index contributed by atoms with van der Waals surface area (Å²) in [6.07, 6.45) is 0.616. The highest BCUT2D eigenvalue weighted by molar-refractivity contribution is 7.91. The molecule has 0 aliphatic carbocycles. The molecule has 0 aliphatic heterocycles. The van der Waals surface area contributed by atoms with Crippen LogP contribution in [0.5, 0.6) is 5.75 Å². The molecule has 0 saturated heterocycles. The van der Waals surface area contributed by atoms with Gasteiger partial charge in [-0.15, -0.1) is 0 Å². The molecule has 25 heavy (non-hydrogen) atoms. The summed E-state index contributed by atoms with van der Waals surface area (Å²) in [6, 6.07) is 9.24. The summed E-state index contributed by atoms with van der Waals surface area (Å²) in [6.45, 7) is 1.13. The Kier molecular flexibility index (Phi) is 5.76. The maximum absolute atomic E-state index is 14.0. The van der Waals surface area contributed by atoms with Gasteiger partial charge >= 0.3 is 5.97 Å². The first-order valence-electron chi connectivity index (χ1n) is 7.44. The zero-order valence-electron chi connectivity index (χ0n) is 13.5. The van der Waals surface area contributed by atoms with Crippen LogP contribution in [0, 0.1) is 5.82 Å². The van der Waals surface area contributed by atoms with Crippen LogP contribution in [0.4, 0.5) is 4.39 Å². The van der Waals surface area contributed by atoms with E-state index in [0.29, 0.717) is 6.42 Å². The summed E-state index contributed by atoms with van der Waals surface area (Å²) in [5, 5.41) is 8.52. The Balaban J connectivity index is 2.27. The maximum atomic E-state index is 14.0. The summed E-state index contributed by atoms with van der Waals surface area (Å²) in [4.78, 5) is 10.2. The van der Waals surface area contributed by atoms with Crippen LogP contribution in [0.25, 0.3) is 0 Å². The van der Waals surface area contributed by atoms with E-state index < -0.39 is 28.2 Å². The quantitative estimate of drug-likeness (QED) is 0.775.